The highest BCUT2D eigenvalue weighted by molar-refractivity contribution is 6.32. The van der Waals surface area contributed by atoms with Crippen LogP contribution >= 0.6 is 11.6 Å². The van der Waals surface area contributed by atoms with Gasteiger partial charge in [-0.15, -0.1) is 0 Å². The number of halogens is 1. The van der Waals surface area contributed by atoms with Crippen LogP contribution in [0, 0.1) is 0 Å². The molecule has 0 saturated heterocycles. The second kappa shape index (κ2) is 7.12. The van der Waals surface area contributed by atoms with Crippen LogP contribution in [0.3, 0.4) is 0 Å². The Labute approximate surface area is 102 Å². The van der Waals surface area contributed by atoms with E-state index in [0.29, 0.717) is 22.0 Å². The van der Waals surface area contributed by atoms with Crippen LogP contribution in [0.5, 0.6) is 5.75 Å². The minimum atomic E-state index is 0.0370. The first-order chi connectivity index (χ1) is 7.54. The third-order valence-electron chi connectivity index (χ3n) is 1.82. The van der Waals surface area contributed by atoms with E-state index in [1.54, 1.807) is 12.1 Å². The molecule has 0 spiro atoms. The van der Waals surface area contributed by atoms with Gasteiger partial charge < -0.3 is 10.5 Å². The van der Waals surface area contributed by atoms with E-state index >= 15 is 0 Å². The summed E-state index contributed by atoms with van der Waals surface area (Å²) in [7, 11) is 1.52. The van der Waals surface area contributed by atoms with Gasteiger partial charge in [0, 0.05) is 28.8 Å². The van der Waals surface area contributed by atoms with Gasteiger partial charge in [-0.2, -0.15) is 0 Å². The average molecular weight is 244 g/mol. The van der Waals surface area contributed by atoms with Gasteiger partial charge in [0.25, 0.3) is 0 Å². The largest absolute Gasteiger partial charge is 0.496 e. The lowest BCUT2D eigenvalue weighted by Gasteiger charge is -2.09. The van der Waals surface area contributed by atoms with E-state index in [0.717, 1.165) is 0 Å². The van der Waals surface area contributed by atoms with Crippen molar-refractivity contribution in [3.05, 3.63) is 22.7 Å². The molecule has 90 valence electrons. The number of nitrogens with two attached hydrogens (primary N) is 1. The zero-order chi connectivity index (χ0) is 12.7. The molecule has 0 saturated carbocycles. The SMILES string of the molecule is CC.COc1cc(N)cc(Cl)c1CC(C)=O. The monoisotopic (exact) mass is 243 g/mol. The Hall–Kier alpha value is -1.22. The van der Waals surface area contributed by atoms with Gasteiger partial charge in [-0.25, -0.2) is 0 Å². The maximum absolute atomic E-state index is 11.0. The minimum absolute atomic E-state index is 0.0370. The smallest absolute Gasteiger partial charge is 0.134 e. The molecule has 0 aromatic heterocycles. The molecule has 0 aliphatic carbocycles. The lowest BCUT2D eigenvalue weighted by Crippen LogP contribution is -2.01. The van der Waals surface area contributed by atoms with E-state index < -0.39 is 0 Å². The molecular weight excluding hydrogens is 226 g/mol. The predicted octanol–water partition coefficient (Wildman–Crippen LogP) is 3.09. The predicted molar refractivity (Wildman–Crippen MR) is 68.1 cm³/mol. The van der Waals surface area contributed by atoms with Gasteiger partial charge in [0.05, 0.1) is 7.11 Å². The summed E-state index contributed by atoms with van der Waals surface area (Å²) in [5, 5.41) is 0.469. The number of carbonyl (C=O) groups excluding carboxylic acids is 1. The second-order valence-electron chi connectivity index (χ2n) is 3.06. The number of ketones is 1. The number of benzene rings is 1. The summed E-state index contributed by atoms with van der Waals surface area (Å²) in [6, 6.07) is 3.27. The number of carbonyl (C=O) groups is 1. The first-order valence-electron chi connectivity index (χ1n) is 5.16. The Morgan fingerprint density at radius 3 is 2.44 bits per heavy atom. The normalized spacial score (nSPS) is 9.06. The summed E-state index contributed by atoms with van der Waals surface area (Å²) in [4.78, 5) is 11.0. The van der Waals surface area contributed by atoms with E-state index in [4.69, 9.17) is 22.1 Å². The maximum Gasteiger partial charge on any atom is 0.134 e. The van der Waals surface area contributed by atoms with E-state index in [1.165, 1.54) is 14.0 Å². The molecule has 4 heteroatoms. The Morgan fingerprint density at radius 1 is 1.44 bits per heavy atom. The molecule has 0 fully saturated rings. The molecule has 0 heterocycles. The molecular formula is C12H18ClNO2. The molecule has 0 bridgehead atoms. The molecule has 3 nitrogen and oxygen atoms in total. The fourth-order valence-electron chi connectivity index (χ4n) is 1.23. The van der Waals surface area contributed by atoms with Crippen LogP contribution in [0.25, 0.3) is 0 Å². The summed E-state index contributed by atoms with van der Waals surface area (Å²) in [6.07, 6.45) is 0.266. The summed E-state index contributed by atoms with van der Waals surface area (Å²) in [6.45, 7) is 5.51. The Balaban J connectivity index is 0.00000106. The van der Waals surface area contributed by atoms with Gasteiger partial charge in [-0.3, -0.25) is 4.79 Å². The average Bonchev–Trinajstić information content (AvgIpc) is 2.24. The van der Waals surface area contributed by atoms with E-state index in [9.17, 15) is 4.79 Å². The lowest BCUT2D eigenvalue weighted by molar-refractivity contribution is -0.116. The van der Waals surface area contributed by atoms with Crippen molar-refractivity contribution in [2.75, 3.05) is 12.8 Å². The lowest BCUT2D eigenvalue weighted by atomic mass is 10.1. The fourth-order valence-corrected chi connectivity index (χ4v) is 1.52. The molecule has 0 unspecified atom stereocenters. The van der Waals surface area contributed by atoms with Crippen LogP contribution in [0.4, 0.5) is 5.69 Å². The number of methoxy groups -OCH3 is 1. The van der Waals surface area contributed by atoms with E-state index in [-0.39, 0.29) is 12.2 Å². The molecule has 0 aliphatic rings. The number of nitrogen functional groups attached to an aromatic ring is 1. The summed E-state index contributed by atoms with van der Waals surface area (Å²) in [5.41, 5.74) is 6.80. The van der Waals surface area contributed by atoms with Crippen molar-refractivity contribution < 1.29 is 9.53 Å². The fraction of sp³-hybridized carbons (Fsp3) is 0.417. The van der Waals surface area contributed by atoms with Gasteiger partial charge in [-0.1, -0.05) is 25.4 Å². The molecule has 2 N–H and O–H groups in total. The number of hydrogen-bond donors (Lipinski definition) is 1. The molecule has 16 heavy (non-hydrogen) atoms. The molecule has 0 aliphatic heterocycles. The highest BCUT2D eigenvalue weighted by Gasteiger charge is 2.11. The van der Waals surface area contributed by atoms with Crippen molar-refractivity contribution in [3.8, 4) is 5.75 Å². The van der Waals surface area contributed by atoms with Crippen molar-refractivity contribution >= 4 is 23.1 Å². The third-order valence-corrected chi connectivity index (χ3v) is 2.16. The quantitative estimate of drug-likeness (QED) is 0.830. The van der Waals surface area contributed by atoms with Gasteiger partial charge in [0.2, 0.25) is 0 Å². The molecule has 1 rings (SSSR count). The van der Waals surface area contributed by atoms with Gasteiger partial charge in [-0.05, 0) is 13.0 Å². The van der Waals surface area contributed by atoms with Crippen molar-refractivity contribution in [1.82, 2.24) is 0 Å². The third kappa shape index (κ3) is 4.11. The topological polar surface area (TPSA) is 52.3 Å². The Morgan fingerprint density at radius 2 is 2.00 bits per heavy atom. The summed E-state index contributed by atoms with van der Waals surface area (Å²) in [5.74, 6) is 0.597. The zero-order valence-electron chi connectivity index (χ0n) is 10.1. The van der Waals surface area contributed by atoms with Gasteiger partial charge in [0.1, 0.15) is 11.5 Å². The first kappa shape index (κ1) is 14.8. The summed E-state index contributed by atoms with van der Waals surface area (Å²) >= 11 is 5.95. The van der Waals surface area contributed by atoms with Crippen molar-refractivity contribution in [2.45, 2.75) is 27.2 Å². The maximum atomic E-state index is 11.0. The number of rotatable bonds is 3. The Kier molecular flexibility index (Phi) is 6.58. The summed E-state index contributed by atoms with van der Waals surface area (Å²) < 4.78 is 5.09. The van der Waals surface area contributed by atoms with Crippen LogP contribution < -0.4 is 10.5 Å². The van der Waals surface area contributed by atoms with Crippen LogP contribution in [0.1, 0.15) is 26.3 Å². The van der Waals surface area contributed by atoms with Gasteiger partial charge >= 0.3 is 0 Å². The number of Topliss-reactive ketones (excluding diaryl/α,β-unsaturated/α-hetero) is 1. The van der Waals surface area contributed by atoms with Crippen LogP contribution in [0.15, 0.2) is 12.1 Å². The molecule has 0 radical (unpaired) electrons. The van der Waals surface area contributed by atoms with Crippen LogP contribution in [0.2, 0.25) is 5.02 Å². The van der Waals surface area contributed by atoms with E-state index in [2.05, 4.69) is 0 Å². The number of ether oxygens (including phenoxy) is 1. The minimum Gasteiger partial charge on any atom is -0.496 e. The molecule has 0 atom stereocenters. The molecule has 1 aromatic carbocycles. The van der Waals surface area contributed by atoms with Crippen molar-refractivity contribution in [2.24, 2.45) is 0 Å². The molecule has 0 amide bonds. The zero-order valence-corrected chi connectivity index (χ0v) is 10.9. The first-order valence-corrected chi connectivity index (χ1v) is 5.53. The molecule has 1 aromatic rings. The number of anilines is 1. The van der Waals surface area contributed by atoms with E-state index in [1.807, 2.05) is 13.8 Å². The van der Waals surface area contributed by atoms with Crippen LogP contribution in [-0.4, -0.2) is 12.9 Å². The van der Waals surface area contributed by atoms with Crippen molar-refractivity contribution in [1.29, 1.82) is 0 Å². The standard InChI is InChI=1S/C10H12ClNO2.C2H6/c1-6(13)3-8-9(11)4-7(12)5-10(8)14-2;1-2/h4-5H,3,12H2,1-2H3;1-2H3. The Bertz CT molecular complexity index is 364. The van der Waals surface area contributed by atoms with Crippen molar-refractivity contribution in [3.63, 3.8) is 0 Å². The van der Waals surface area contributed by atoms with Crippen LogP contribution in [-0.2, 0) is 11.2 Å². The number of hydrogen-bond acceptors (Lipinski definition) is 3. The van der Waals surface area contributed by atoms with Gasteiger partial charge in [0.15, 0.2) is 0 Å². The highest BCUT2D eigenvalue weighted by atomic mass is 35.5. The highest BCUT2D eigenvalue weighted by Crippen LogP contribution is 2.30. The second-order valence-corrected chi connectivity index (χ2v) is 3.47.